The first kappa shape index (κ1) is 23.1. The molecule has 0 spiro atoms. The van der Waals surface area contributed by atoms with Crippen molar-refractivity contribution in [2.24, 2.45) is 12.0 Å². The van der Waals surface area contributed by atoms with Crippen LogP contribution in [0, 0.1) is 6.92 Å². The number of anilines is 1. The van der Waals surface area contributed by atoms with Gasteiger partial charge in [-0.25, -0.2) is 4.98 Å². The summed E-state index contributed by atoms with van der Waals surface area (Å²) in [6.07, 6.45) is 5.80. The lowest BCUT2D eigenvalue weighted by Crippen LogP contribution is -2.48. The number of guanidine groups is 1. The molecular weight excluding hydrogens is 485 g/mol. The van der Waals surface area contributed by atoms with Crippen LogP contribution in [0.15, 0.2) is 35.7 Å². The van der Waals surface area contributed by atoms with Gasteiger partial charge in [0.25, 0.3) is 0 Å². The number of nitrogens with one attached hydrogen (secondary N) is 2. The van der Waals surface area contributed by atoms with E-state index in [1.807, 2.05) is 32.4 Å². The molecular formula is C19H28IN7O2. The smallest absolute Gasteiger partial charge is 0.227 e. The van der Waals surface area contributed by atoms with Crippen molar-refractivity contribution in [1.82, 2.24) is 25.0 Å². The topological polar surface area (TPSA) is 96.7 Å². The molecule has 158 valence electrons. The first-order valence-electron chi connectivity index (χ1n) is 9.33. The van der Waals surface area contributed by atoms with E-state index in [4.69, 9.17) is 4.74 Å². The number of hydrogen-bond acceptors (Lipinski definition) is 5. The largest absolute Gasteiger partial charge is 0.370 e. The second kappa shape index (κ2) is 11.1. The third-order valence-electron chi connectivity index (χ3n) is 4.49. The summed E-state index contributed by atoms with van der Waals surface area (Å²) in [5.41, 5.74) is 2.10. The zero-order chi connectivity index (χ0) is 19.9. The molecule has 1 atom stereocenters. The van der Waals surface area contributed by atoms with Crippen molar-refractivity contribution < 1.29 is 9.53 Å². The Bertz CT molecular complexity index is 822. The van der Waals surface area contributed by atoms with E-state index < -0.39 is 0 Å². The number of ether oxygens (including phenoxy) is 1. The Morgan fingerprint density at radius 1 is 1.38 bits per heavy atom. The van der Waals surface area contributed by atoms with Gasteiger partial charge in [-0.2, -0.15) is 5.10 Å². The molecule has 1 aliphatic heterocycles. The summed E-state index contributed by atoms with van der Waals surface area (Å²) in [4.78, 5) is 22.8. The molecule has 2 aromatic rings. The van der Waals surface area contributed by atoms with Gasteiger partial charge in [-0.3, -0.25) is 14.5 Å². The SMILES string of the molecule is CN=C(NCCC(=O)Nc1ccc(C)cn1)N1CCOC(c2cnn(C)c2)C1.I. The minimum Gasteiger partial charge on any atom is -0.370 e. The number of aliphatic imine (C=N–C) groups is 1. The van der Waals surface area contributed by atoms with Crippen LogP contribution >= 0.6 is 24.0 Å². The van der Waals surface area contributed by atoms with Crippen molar-refractivity contribution in [2.45, 2.75) is 19.4 Å². The highest BCUT2D eigenvalue weighted by atomic mass is 127. The molecule has 1 unspecified atom stereocenters. The molecule has 1 fully saturated rings. The summed E-state index contributed by atoms with van der Waals surface area (Å²) in [5, 5.41) is 10.3. The third-order valence-corrected chi connectivity index (χ3v) is 4.49. The number of carbonyl (C=O) groups excluding carboxylic acids is 1. The number of aromatic nitrogens is 3. The Kier molecular flexibility index (Phi) is 8.83. The first-order valence-corrected chi connectivity index (χ1v) is 9.33. The molecule has 3 rings (SSSR count). The van der Waals surface area contributed by atoms with Crippen molar-refractivity contribution in [2.75, 3.05) is 38.6 Å². The van der Waals surface area contributed by atoms with Crippen LogP contribution in [0.5, 0.6) is 0 Å². The van der Waals surface area contributed by atoms with Gasteiger partial charge in [-0.05, 0) is 18.6 Å². The average molecular weight is 513 g/mol. The summed E-state index contributed by atoms with van der Waals surface area (Å²) >= 11 is 0. The normalized spacial score (nSPS) is 16.9. The highest BCUT2D eigenvalue weighted by Gasteiger charge is 2.25. The highest BCUT2D eigenvalue weighted by molar-refractivity contribution is 14.0. The third kappa shape index (κ3) is 6.67. The van der Waals surface area contributed by atoms with Crippen molar-refractivity contribution in [1.29, 1.82) is 0 Å². The summed E-state index contributed by atoms with van der Waals surface area (Å²) < 4.78 is 7.64. The molecule has 29 heavy (non-hydrogen) atoms. The van der Waals surface area contributed by atoms with Gasteiger partial charge < -0.3 is 20.3 Å². The first-order chi connectivity index (χ1) is 13.5. The van der Waals surface area contributed by atoms with Gasteiger partial charge in [0.05, 0.1) is 19.3 Å². The molecule has 1 saturated heterocycles. The molecule has 1 aliphatic rings. The minimum absolute atomic E-state index is 0. The average Bonchev–Trinajstić information content (AvgIpc) is 3.14. The fraction of sp³-hybridized carbons (Fsp3) is 0.474. The maximum absolute atomic E-state index is 12.1. The molecule has 1 amide bonds. The maximum Gasteiger partial charge on any atom is 0.227 e. The molecule has 0 radical (unpaired) electrons. The van der Waals surface area contributed by atoms with E-state index in [9.17, 15) is 4.79 Å². The minimum atomic E-state index is -0.0884. The standard InChI is InChI=1S/C19H27N7O2.HI/c1-14-4-5-17(22-10-14)24-18(27)6-7-21-19(20-2)26-8-9-28-16(13-26)15-11-23-25(3)12-15;/h4-5,10-12,16H,6-9,13H2,1-3H3,(H,20,21)(H,22,24,27);1H. The van der Waals surface area contributed by atoms with Gasteiger partial charge in [-0.15, -0.1) is 24.0 Å². The van der Waals surface area contributed by atoms with Crippen molar-refractivity contribution in [3.63, 3.8) is 0 Å². The van der Waals surface area contributed by atoms with Crippen LogP contribution in [0.2, 0.25) is 0 Å². The number of nitrogens with zero attached hydrogens (tertiary/aromatic N) is 5. The van der Waals surface area contributed by atoms with Crippen LogP contribution in [0.25, 0.3) is 0 Å². The van der Waals surface area contributed by atoms with E-state index in [0.717, 1.165) is 23.6 Å². The maximum atomic E-state index is 12.1. The quantitative estimate of drug-likeness (QED) is 0.359. The second-order valence-corrected chi connectivity index (χ2v) is 6.75. The zero-order valence-electron chi connectivity index (χ0n) is 17.0. The Balaban J connectivity index is 0.00000300. The van der Waals surface area contributed by atoms with Crippen LogP contribution in [-0.2, 0) is 16.6 Å². The molecule has 3 heterocycles. The van der Waals surface area contributed by atoms with E-state index >= 15 is 0 Å². The molecule has 0 saturated carbocycles. The fourth-order valence-corrected chi connectivity index (χ4v) is 3.02. The van der Waals surface area contributed by atoms with Gasteiger partial charge in [0.15, 0.2) is 5.96 Å². The number of halogens is 1. The molecule has 2 aromatic heterocycles. The number of hydrogen-bond donors (Lipinski definition) is 2. The molecule has 9 nitrogen and oxygen atoms in total. The molecule has 2 N–H and O–H groups in total. The van der Waals surface area contributed by atoms with E-state index in [0.29, 0.717) is 31.9 Å². The van der Waals surface area contributed by atoms with Gasteiger partial charge in [0, 0.05) is 51.6 Å². The predicted molar refractivity (Wildman–Crippen MR) is 122 cm³/mol. The van der Waals surface area contributed by atoms with E-state index in [-0.39, 0.29) is 36.0 Å². The van der Waals surface area contributed by atoms with Crippen LogP contribution in [0.4, 0.5) is 5.82 Å². The number of carbonyl (C=O) groups is 1. The monoisotopic (exact) mass is 513 g/mol. The Hall–Kier alpha value is -2.21. The van der Waals surface area contributed by atoms with Crippen molar-refractivity contribution in [3.05, 3.63) is 41.9 Å². The van der Waals surface area contributed by atoms with E-state index in [1.165, 1.54) is 0 Å². The highest BCUT2D eigenvalue weighted by Crippen LogP contribution is 2.21. The van der Waals surface area contributed by atoms with Gasteiger partial charge in [-0.1, -0.05) is 6.07 Å². The Morgan fingerprint density at radius 2 is 2.21 bits per heavy atom. The summed E-state index contributed by atoms with van der Waals surface area (Å²) in [7, 11) is 3.63. The lowest BCUT2D eigenvalue weighted by atomic mass is 10.1. The van der Waals surface area contributed by atoms with Crippen LogP contribution < -0.4 is 10.6 Å². The number of pyridine rings is 1. The summed E-state index contributed by atoms with van der Waals surface area (Å²) in [6, 6.07) is 3.71. The van der Waals surface area contributed by atoms with Gasteiger partial charge >= 0.3 is 0 Å². The number of amides is 1. The van der Waals surface area contributed by atoms with E-state index in [2.05, 4.69) is 30.6 Å². The Labute approximate surface area is 187 Å². The number of aryl methyl sites for hydroxylation is 2. The van der Waals surface area contributed by atoms with Crippen LogP contribution in [0.1, 0.15) is 23.7 Å². The second-order valence-electron chi connectivity index (χ2n) is 6.75. The summed E-state index contributed by atoms with van der Waals surface area (Å²) in [5.74, 6) is 1.24. The van der Waals surface area contributed by atoms with Crippen LogP contribution in [-0.4, -0.2) is 64.8 Å². The molecule has 0 aromatic carbocycles. The van der Waals surface area contributed by atoms with Crippen LogP contribution in [0.3, 0.4) is 0 Å². The zero-order valence-corrected chi connectivity index (χ0v) is 19.3. The van der Waals surface area contributed by atoms with Crippen molar-refractivity contribution in [3.8, 4) is 0 Å². The lowest BCUT2D eigenvalue weighted by molar-refractivity contribution is -0.116. The number of rotatable bonds is 5. The number of morpholine rings is 1. The predicted octanol–water partition coefficient (Wildman–Crippen LogP) is 1.72. The van der Waals surface area contributed by atoms with Gasteiger partial charge in [0.1, 0.15) is 11.9 Å². The Morgan fingerprint density at radius 3 is 2.86 bits per heavy atom. The van der Waals surface area contributed by atoms with E-state index in [1.54, 1.807) is 24.0 Å². The molecule has 0 bridgehead atoms. The fourth-order valence-electron chi connectivity index (χ4n) is 3.02. The molecule has 0 aliphatic carbocycles. The van der Waals surface area contributed by atoms with Gasteiger partial charge in [0.2, 0.25) is 5.91 Å². The lowest BCUT2D eigenvalue weighted by Gasteiger charge is -2.34. The van der Waals surface area contributed by atoms with Crippen molar-refractivity contribution >= 4 is 41.7 Å². The summed E-state index contributed by atoms with van der Waals surface area (Å²) in [6.45, 7) is 4.48. The molecule has 10 heteroatoms.